The average molecular weight is 640 g/mol. The highest BCUT2D eigenvalue weighted by molar-refractivity contribution is 7.98. The average Bonchev–Trinajstić information content (AvgIpc) is 3.16. The van der Waals surface area contributed by atoms with E-state index in [0.29, 0.717) is 25.0 Å². The number of likely N-dealkylation sites (N-methyl/N-ethyl adjacent to an activating group) is 1. The first-order valence-electron chi connectivity index (χ1n) is 16.4. The van der Waals surface area contributed by atoms with E-state index in [9.17, 15) is 4.79 Å². The maximum atomic E-state index is 13.1. The summed E-state index contributed by atoms with van der Waals surface area (Å²) in [6, 6.07) is 12.7. The Hall–Kier alpha value is -2.19. The molecule has 1 N–H and O–H groups in total. The van der Waals surface area contributed by atoms with E-state index < -0.39 is 0 Å². The number of carbonyl (C=O) groups is 1. The lowest BCUT2D eigenvalue weighted by Crippen LogP contribution is -2.45. The van der Waals surface area contributed by atoms with Crippen molar-refractivity contribution in [3.05, 3.63) is 64.7 Å². The highest BCUT2D eigenvalue weighted by Crippen LogP contribution is 2.44. The van der Waals surface area contributed by atoms with Crippen LogP contribution in [0.2, 0.25) is 5.02 Å². The van der Waals surface area contributed by atoms with Crippen LogP contribution in [0.1, 0.15) is 63.5 Å². The van der Waals surface area contributed by atoms with Crippen molar-refractivity contribution in [1.82, 2.24) is 9.62 Å². The number of anilines is 1. The van der Waals surface area contributed by atoms with Crippen molar-refractivity contribution in [2.75, 3.05) is 51.8 Å². The summed E-state index contributed by atoms with van der Waals surface area (Å²) in [7, 11) is 4.18. The number of rotatable bonds is 7. The van der Waals surface area contributed by atoms with Crippen molar-refractivity contribution in [3.8, 4) is 5.75 Å². The third-order valence-corrected chi connectivity index (χ3v) is 10.8. The van der Waals surface area contributed by atoms with E-state index in [0.717, 1.165) is 60.3 Å². The number of nitrogens with one attached hydrogen (secondary N) is 1. The normalized spacial score (nSPS) is 28.3. The van der Waals surface area contributed by atoms with Gasteiger partial charge in [-0.05, 0) is 111 Å². The summed E-state index contributed by atoms with van der Waals surface area (Å²) in [5.41, 5.74) is 3.76. The number of hydrogen-bond donors (Lipinski definition) is 1. The molecule has 2 aromatic carbocycles. The molecule has 2 bridgehead atoms. The van der Waals surface area contributed by atoms with E-state index in [1.165, 1.54) is 35.9 Å². The molecule has 1 amide bonds. The second-order valence-electron chi connectivity index (χ2n) is 13.3. The van der Waals surface area contributed by atoms with Gasteiger partial charge in [-0.15, -0.1) is 0 Å². The second-order valence-corrected chi connectivity index (χ2v) is 14.6. The summed E-state index contributed by atoms with van der Waals surface area (Å²) in [6.07, 6.45) is 9.92. The van der Waals surface area contributed by atoms with Crippen LogP contribution in [0.15, 0.2) is 53.4 Å². The molecule has 1 fully saturated rings. The summed E-state index contributed by atoms with van der Waals surface area (Å²) in [6.45, 7) is 10.5. The van der Waals surface area contributed by atoms with Gasteiger partial charge in [0.2, 0.25) is 5.91 Å². The van der Waals surface area contributed by atoms with Crippen LogP contribution in [0.4, 0.5) is 5.69 Å². The third-order valence-electron chi connectivity index (χ3n) is 9.79. The second kappa shape index (κ2) is 15.4. The van der Waals surface area contributed by atoms with Crippen LogP contribution >= 0.6 is 23.5 Å². The topological polar surface area (TPSA) is 54.0 Å². The minimum Gasteiger partial charge on any atom is -0.491 e. The molecule has 2 aliphatic heterocycles. The molecule has 5 rings (SSSR count). The summed E-state index contributed by atoms with van der Waals surface area (Å²) in [5, 5.41) is 0.790. The predicted molar refractivity (Wildman–Crippen MR) is 183 cm³/mol. The van der Waals surface area contributed by atoms with E-state index in [2.05, 4.69) is 84.9 Å². The summed E-state index contributed by atoms with van der Waals surface area (Å²) in [5.74, 6) is 2.32. The van der Waals surface area contributed by atoms with Gasteiger partial charge in [0.05, 0.1) is 25.0 Å². The quantitative estimate of drug-likeness (QED) is 0.249. The molecule has 0 saturated heterocycles. The maximum absolute atomic E-state index is 13.1. The monoisotopic (exact) mass is 639 g/mol. The van der Waals surface area contributed by atoms with E-state index in [1.807, 2.05) is 13.0 Å². The molecule has 8 heteroatoms. The van der Waals surface area contributed by atoms with Gasteiger partial charge in [-0.1, -0.05) is 57.0 Å². The van der Waals surface area contributed by atoms with Crippen molar-refractivity contribution in [3.63, 3.8) is 0 Å². The number of fused-ring (bicyclic) bond motifs is 2. The number of benzene rings is 2. The fraction of sp³-hybridized carbons (Fsp3) is 0.583. The number of halogens is 1. The highest BCUT2D eigenvalue weighted by atomic mass is 35.5. The van der Waals surface area contributed by atoms with Gasteiger partial charge in [-0.3, -0.25) is 9.52 Å². The van der Waals surface area contributed by atoms with Crippen molar-refractivity contribution in [1.29, 1.82) is 0 Å². The smallest absolute Gasteiger partial charge is 0.233 e. The van der Waals surface area contributed by atoms with Gasteiger partial charge in [0.15, 0.2) is 0 Å². The first-order valence-corrected chi connectivity index (χ1v) is 17.6. The Morgan fingerprint density at radius 1 is 1.14 bits per heavy atom. The highest BCUT2D eigenvalue weighted by Gasteiger charge is 2.39. The molecule has 0 spiro atoms. The van der Waals surface area contributed by atoms with Crippen LogP contribution in [0.3, 0.4) is 0 Å². The number of amides is 1. The Bertz CT molecular complexity index is 1300. The zero-order chi connectivity index (χ0) is 31.2. The Morgan fingerprint density at radius 3 is 2.73 bits per heavy atom. The standard InChI is InChI=1S/C36H50ClN3O3S/c1-6-8-26-19-29(37)12-15-31(26)28-22-40-21-27-11-14-32(27)34(42-18-17-39(4)5)10-7-9-24(2)25(3)36(41)38-44-30-13-16-35(43-23-28)33(40)20-30/h7,10,12-13,15-16,19-20,24-25,27-28,32,34H,6,8-9,11,14,17-18,21-23H2,1-5H3,(H,38,41)/b10-7+. The van der Waals surface area contributed by atoms with Crippen LogP contribution in [0.5, 0.6) is 5.75 Å². The van der Waals surface area contributed by atoms with Gasteiger partial charge in [0, 0.05) is 41.4 Å². The lowest BCUT2D eigenvalue weighted by molar-refractivity contribution is -0.123. The van der Waals surface area contributed by atoms with Gasteiger partial charge >= 0.3 is 0 Å². The van der Waals surface area contributed by atoms with E-state index >= 15 is 0 Å². The molecule has 2 heterocycles. The number of carbonyl (C=O) groups excluding carboxylic acids is 1. The Morgan fingerprint density at radius 2 is 1.98 bits per heavy atom. The van der Waals surface area contributed by atoms with Crippen LogP contribution in [-0.2, 0) is 16.0 Å². The van der Waals surface area contributed by atoms with E-state index in [1.54, 1.807) is 0 Å². The summed E-state index contributed by atoms with van der Waals surface area (Å²) in [4.78, 5) is 18.9. The molecule has 0 aromatic heterocycles. The molecule has 1 aliphatic carbocycles. The predicted octanol–water partition coefficient (Wildman–Crippen LogP) is 7.60. The number of aryl methyl sites for hydroxylation is 1. The Balaban J connectivity index is 1.48. The minimum absolute atomic E-state index is 0.0649. The molecule has 6 nitrogen and oxygen atoms in total. The lowest BCUT2D eigenvalue weighted by Gasteiger charge is -2.44. The first kappa shape index (κ1) is 33.2. The molecular weight excluding hydrogens is 590 g/mol. The number of hydrogen-bond acceptors (Lipinski definition) is 6. The van der Waals surface area contributed by atoms with Crippen LogP contribution in [0, 0.1) is 23.7 Å². The van der Waals surface area contributed by atoms with Crippen LogP contribution < -0.4 is 14.4 Å². The fourth-order valence-electron chi connectivity index (χ4n) is 6.68. The molecule has 44 heavy (non-hydrogen) atoms. The molecule has 6 atom stereocenters. The van der Waals surface area contributed by atoms with Gasteiger partial charge in [0.25, 0.3) is 0 Å². The molecule has 1 saturated carbocycles. The molecule has 3 aliphatic rings. The van der Waals surface area contributed by atoms with Crippen LogP contribution in [0.25, 0.3) is 0 Å². The Kier molecular flexibility index (Phi) is 11.6. The summed E-state index contributed by atoms with van der Waals surface area (Å²) >= 11 is 7.86. The summed E-state index contributed by atoms with van der Waals surface area (Å²) < 4.78 is 16.3. The zero-order valence-corrected chi connectivity index (χ0v) is 28.6. The fourth-order valence-corrected chi connectivity index (χ4v) is 7.58. The molecule has 240 valence electrons. The largest absolute Gasteiger partial charge is 0.491 e. The van der Waals surface area contributed by atoms with Crippen molar-refractivity contribution in [2.45, 2.75) is 69.8 Å². The number of allylic oxidation sites excluding steroid dienone is 1. The SMILES string of the molecule is CCCc1cc(Cl)ccc1C1COc2ccc3cc2N(C1)CC1CCC1C(OCCN(C)C)/C=C/CC(C)C(C)C(=O)NS3. The molecule has 0 radical (unpaired) electrons. The molecule has 2 aromatic rings. The molecular formula is C36H50ClN3O3S. The maximum Gasteiger partial charge on any atom is 0.233 e. The van der Waals surface area contributed by atoms with Gasteiger partial charge in [-0.25, -0.2) is 0 Å². The van der Waals surface area contributed by atoms with Gasteiger partial charge in [0.1, 0.15) is 5.75 Å². The third kappa shape index (κ3) is 8.14. The van der Waals surface area contributed by atoms with E-state index in [4.69, 9.17) is 21.1 Å². The van der Waals surface area contributed by atoms with Crippen molar-refractivity contribution >= 4 is 35.1 Å². The first-order chi connectivity index (χ1) is 21.2. The van der Waals surface area contributed by atoms with Gasteiger partial charge in [-0.2, -0.15) is 0 Å². The number of ether oxygens (including phenoxy) is 2. The zero-order valence-electron chi connectivity index (χ0n) is 27.1. The van der Waals surface area contributed by atoms with Crippen molar-refractivity contribution in [2.24, 2.45) is 23.7 Å². The molecule has 6 unspecified atom stereocenters. The van der Waals surface area contributed by atoms with Gasteiger partial charge < -0.3 is 19.3 Å². The van der Waals surface area contributed by atoms with Crippen LogP contribution in [-0.4, -0.2) is 63.9 Å². The van der Waals surface area contributed by atoms with Crippen molar-refractivity contribution < 1.29 is 14.3 Å². The lowest BCUT2D eigenvalue weighted by atomic mass is 9.70. The Labute approximate surface area is 274 Å². The number of nitrogens with zero attached hydrogens (tertiary/aromatic N) is 2. The minimum atomic E-state index is -0.0947. The van der Waals surface area contributed by atoms with E-state index in [-0.39, 0.29) is 29.8 Å².